The number of benzene rings is 2. The molecule has 0 spiro atoms. The van der Waals surface area contributed by atoms with Crippen LogP contribution < -0.4 is 5.32 Å². The first-order chi connectivity index (χ1) is 18.4. The van der Waals surface area contributed by atoms with Crippen molar-refractivity contribution in [2.75, 3.05) is 5.32 Å². The van der Waals surface area contributed by atoms with Crippen molar-refractivity contribution in [3.05, 3.63) is 71.4 Å². The molecule has 0 aliphatic rings. The van der Waals surface area contributed by atoms with E-state index in [2.05, 4.69) is 37.6 Å². The molecule has 4 heterocycles. The molecule has 8 nitrogen and oxygen atoms in total. The maximum absolute atomic E-state index is 11.9. The highest BCUT2D eigenvalue weighted by atomic mass is 32.1. The number of imidazole rings is 1. The summed E-state index contributed by atoms with van der Waals surface area (Å²) in [6.07, 6.45) is 3.94. The Balaban J connectivity index is 1.43. The van der Waals surface area contributed by atoms with E-state index in [1.54, 1.807) is 19.3 Å². The van der Waals surface area contributed by atoms with Crippen LogP contribution >= 0.6 is 11.3 Å². The van der Waals surface area contributed by atoms with Gasteiger partial charge in [-0.05, 0) is 66.9 Å². The zero-order valence-electron chi connectivity index (χ0n) is 21.0. The quantitative estimate of drug-likeness (QED) is 0.210. The van der Waals surface area contributed by atoms with Crippen molar-refractivity contribution >= 4 is 50.7 Å². The number of aromatic nitrogens is 5. The largest absolute Gasteiger partial charge is 0.335 e. The summed E-state index contributed by atoms with van der Waals surface area (Å²) in [7, 11) is 0. The fraction of sp³-hybridized carbons (Fsp3) is 0.138. The fourth-order valence-corrected chi connectivity index (χ4v) is 5.45. The van der Waals surface area contributed by atoms with E-state index in [0.29, 0.717) is 22.8 Å². The summed E-state index contributed by atoms with van der Waals surface area (Å²) in [6, 6.07) is 15.9. The summed E-state index contributed by atoms with van der Waals surface area (Å²) >= 11 is 1.43. The molecular formula is C29H24N6O2S. The van der Waals surface area contributed by atoms with Crippen LogP contribution in [0.4, 0.5) is 5.69 Å². The van der Waals surface area contributed by atoms with Crippen molar-refractivity contribution in [3.8, 4) is 33.1 Å². The molecule has 0 saturated carbocycles. The predicted molar refractivity (Wildman–Crippen MR) is 151 cm³/mol. The second-order valence-electron chi connectivity index (χ2n) is 9.21. The minimum Gasteiger partial charge on any atom is -0.335 e. The minimum absolute atomic E-state index is 0.0204. The number of Topliss-reactive ketones (excluding diaryl/α,β-unsaturated/α-hetero) is 1. The molecular weight excluding hydrogens is 496 g/mol. The Labute approximate surface area is 222 Å². The van der Waals surface area contributed by atoms with Crippen molar-refractivity contribution in [2.45, 2.75) is 27.2 Å². The molecule has 6 rings (SSSR count). The summed E-state index contributed by atoms with van der Waals surface area (Å²) in [5.41, 5.74) is 7.85. The Kier molecular flexibility index (Phi) is 5.84. The number of carbonyl (C=O) groups is 2. The van der Waals surface area contributed by atoms with E-state index in [-0.39, 0.29) is 11.7 Å². The molecule has 9 heteroatoms. The van der Waals surface area contributed by atoms with E-state index in [1.165, 1.54) is 11.3 Å². The zero-order chi connectivity index (χ0) is 26.4. The number of thiophene rings is 1. The lowest BCUT2D eigenvalue weighted by Gasteiger charge is -2.09. The van der Waals surface area contributed by atoms with Crippen molar-refractivity contribution in [2.24, 2.45) is 0 Å². The molecule has 0 saturated heterocycles. The summed E-state index contributed by atoms with van der Waals surface area (Å²) in [5.74, 6) is 0.644. The number of aryl methyl sites for hydroxylation is 1. The second kappa shape index (κ2) is 9.35. The van der Waals surface area contributed by atoms with Crippen LogP contribution in [0, 0.1) is 6.92 Å². The van der Waals surface area contributed by atoms with Gasteiger partial charge in [-0.3, -0.25) is 19.7 Å². The average molecular weight is 521 g/mol. The van der Waals surface area contributed by atoms with E-state index in [0.717, 1.165) is 54.8 Å². The SMILES string of the molecule is CCC(=O)Nc1cc(C)cc(-c2ccc3[nH]nc(-c4nc5c(-c6ccc(C(C)=O)s6)cncc5[nH]4)c3c2)c1. The second-order valence-corrected chi connectivity index (χ2v) is 10.3. The number of pyridine rings is 1. The van der Waals surface area contributed by atoms with E-state index < -0.39 is 0 Å². The number of nitrogens with one attached hydrogen (secondary N) is 3. The van der Waals surface area contributed by atoms with Gasteiger partial charge in [-0.2, -0.15) is 5.10 Å². The predicted octanol–water partition coefficient (Wildman–Crippen LogP) is 6.76. The minimum atomic E-state index is -0.0204. The molecule has 0 bridgehead atoms. The first-order valence-electron chi connectivity index (χ1n) is 12.2. The van der Waals surface area contributed by atoms with Gasteiger partial charge in [0.15, 0.2) is 11.6 Å². The molecule has 0 aliphatic heterocycles. The number of nitrogens with zero attached hydrogens (tertiary/aromatic N) is 3. The van der Waals surface area contributed by atoms with Gasteiger partial charge >= 0.3 is 0 Å². The van der Waals surface area contributed by atoms with E-state index in [4.69, 9.17) is 4.98 Å². The number of ketones is 1. The van der Waals surface area contributed by atoms with Crippen molar-refractivity contribution in [1.82, 2.24) is 25.1 Å². The Morgan fingerprint density at radius 1 is 1.00 bits per heavy atom. The van der Waals surface area contributed by atoms with Crippen molar-refractivity contribution in [3.63, 3.8) is 0 Å². The first-order valence-corrected chi connectivity index (χ1v) is 13.1. The smallest absolute Gasteiger partial charge is 0.224 e. The molecule has 0 atom stereocenters. The van der Waals surface area contributed by atoms with Crippen LogP contribution in [-0.4, -0.2) is 36.8 Å². The topological polar surface area (TPSA) is 116 Å². The first kappa shape index (κ1) is 23.7. The van der Waals surface area contributed by atoms with Crippen LogP contribution in [0.5, 0.6) is 0 Å². The van der Waals surface area contributed by atoms with Gasteiger partial charge in [0.1, 0.15) is 11.2 Å². The average Bonchev–Trinajstić information content (AvgIpc) is 3.65. The molecule has 3 N–H and O–H groups in total. The summed E-state index contributed by atoms with van der Waals surface area (Å²) in [4.78, 5) is 38.1. The van der Waals surface area contributed by atoms with Gasteiger partial charge in [-0.1, -0.05) is 19.1 Å². The van der Waals surface area contributed by atoms with Gasteiger partial charge < -0.3 is 10.3 Å². The third-order valence-electron chi connectivity index (χ3n) is 6.42. The third kappa shape index (κ3) is 4.26. The molecule has 38 heavy (non-hydrogen) atoms. The van der Waals surface area contributed by atoms with Crippen LogP contribution in [0.3, 0.4) is 0 Å². The van der Waals surface area contributed by atoms with Crippen molar-refractivity contribution in [1.29, 1.82) is 0 Å². The maximum Gasteiger partial charge on any atom is 0.224 e. The highest BCUT2D eigenvalue weighted by Crippen LogP contribution is 2.35. The number of amides is 1. The number of carbonyl (C=O) groups excluding carboxylic acids is 2. The molecule has 4 aromatic heterocycles. The van der Waals surface area contributed by atoms with Gasteiger partial charge in [0.25, 0.3) is 0 Å². The summed E-state index contributed by atoms with van der Waals surface area (Å²) < 4.78 is 0. The number of H-pyrrole nitrogens is 2. The lowest BCUT2D eigenvalue weighted by Crippen LogP contribution is -2.09. The Bertz CT molecular complexity index is 1860. The molecule has 188 valence electrons. The lowest BCUT2D eigenvalue weighted by molar-refractivity contribution is -0.115. The van der Waals surface area contributed by atoms with Crippen molar-refractivity contribution < 1.29 is 9.59 Å². The molecule has 6 aromatic rings. The van der Waals surface area contributed by atoms with E-state index in [1.807, 2.05) is 50.2 Å². The van der Waals surface area contributed by atoms with Crippen LogP contribution in [0.2, 0.25) is 0 Å². The maximum atomic E-state index is 11.9. The molecule has 0 radical (unpaired) electrons. The number of rotatable bonds is 6. The molecule has 0 unspecified atom stereocenters. The highest BCUT2D eigenvalue weighted by Gasteiger charge is 2.17. The number of fused-ring (bicyclic) bond motifs is 2. The monoisotopic (exact) mass is 520 g/mol. The molecule has 1 amide bonds. The van der Waals surface area contributed by atoms with Crippen LogP contribution in [0.15, 0.2) is 60.9 Å². The molecule has 2 aromatic carbocycles. The van der Waals surface area contributed by atoms with Gasteiger partial charge in [0.05, 0.1) is 22.1 Å². The Morgan fingerprint density at radius 3 is 2.66 bits per heavy atom. The fourth-order valence-electron chi connectivity index (χ4n) is 4.54. The number of hydrogen-bond acceptors (Lipinski definition) is 6. The lowest BCUT2D eigenvalue weighted by atomic mass is 10.0. The number of aromatic amines is 2. The van der Waals surface area contributed by atoms with E-state index in [9.17, 15) is 9.59 Å². The third-order valence-corrected chi connectivity index (χ3v) is 7.63. The Hall–Kier alpha value is -4.63. The van der Waals surface area contributed by atoms with Crippen LogP contribution in [-0.2, 0) is 4.79 Å². The van der Waals surface area contributed by atoms with E-state index >= 15 is 0 Å². The molecule has 0 aliphatic carbocycles. The zero-order valence-corrected chi connectivity index (χ0v) is 21.9. The Morgan fingerprint density at radius 2 is 1.87 bits per heavy atom. The normalized spacial score (nSPS) is 11.3. The van der Waals surface area contributed by atoms with Gasteiger partial charge in [-0.25, -0.2) is 4.98 Å². The number of anilines is 1. The van der Waals surface area contributed by atoms with Gasteiger partial charge in [-0.15, -0.1) is 11.3 Å². The number of hydrogen-bond donors (Lipinski definition) is 3. The van der Waals surface area contributed by atoms with Gasteiger partial charge in [0.2, 0.25) is 5.91 Å². The van der Waals surface area contributed by atoms with Crippen LogP contribution in [0.25, 0.3) is 55.0 Å². The highest BCUT2D eigenvalue weighted by molar-refractivity contribution is 7.17. The standard InChI is InChI=1S/C29H24N6O2S/c1-4-26(37)31-19-10-15(2)9-18(11-19)17-5-6-22-20(12-17)28(35-34-22)29-32-23-14-30-13-21(27(23)33-29)25-8-7-24(38-25)16(3)36/h5-14H,4H2,1-3H3,(H,31,37)(H,32,33)(H,34,35). The summed E-state index contributed by atoms with van der Waals surface area (Å²) in [6.45, 7) is 5.41. The van der Waals surface area contributed by atoms with Gasteiger partial charge in [0, 0.05) is 34.1 Å². The molecule has 0 fully saturated rings. The van der Waals surface area contributed by atoms with Crippen LogP contribution in [0.1, 0.15) is 35.5 Å². The summed E-state index contributed by atoms with van der Waals surface area (Å²) in [5, 5.41) is 11.6.